The number of likely N-dealkylation sites (tertiary alicyclic amines) is 1. The van der Waals surface area contributed by atoms with Gasteiger partial charge in [-0.15, -0.1) is 0 Å². The lowest BCUT2D eigenvalue weighted by Gasteiger charge is -2.30. The molecule has 0 aromatic heterocycles. The smallest absolute Gasteiger partial charge is 0.231 e. The SMILES string of the molecule is CCNC(=NCc1ccc2c(c1)OCO2)NCCCN1CCCC(C)C1. The van der Waals surface area contributed by atoms with Gasteiger partial charge in [-0.2, -0.15) is 0 Å². The molecule has 1 atom stereocenters. The largest absolute Gasteiger partial charge is 0.454 e. The number of rotatable bonds is 7. The fourth-order valence-electron chi connectivity index (χ4n) is 3.55. The van der Waals surface area contributed by atoms with Gasteiger partial charge < -0.3 is 25.0 Å². The normalized spacial score (nSPS) is 20.2. The number of hydrogen-bond donors (Lipinski definition) is 2. The first-order chi connectivity index (χ1) is 12.7. The number of ether oxygens (including phenoxy) is 2. The Morgan fingerprint density at radius 2 is 2.15 bits per heavy atom. The molecule has 0 aliphatic carbocycles. The second-order valence-electron chi connectivity index (χ2n) is 7.21. The van der Waals surface area contributed by atoms with Crippen molar-refractivity contribution in [2.45, 2.75) is 39.7 Å². The van der Waals surface area contributed by atoms with Crippen LogP contribution in [0, 0.1) is 5.92 Å². The van der Waals surface area contributed by atoms with E-state index >= 15 is 0 Å². The molecule has 1 unspecified atom stereocenters. The third-order valence-electron chi connectivity index (χ3n) is 4.89. The van der Waals surface area contributed by atoms with Gasteiger partial charge in [-0.1, -0.05) is 13.0 Å². The van der Waals surface area contributed by atoms with E-state index in [0.29, 0.717) is 13.3 Å². The minimum Gasteiger partial charge on any atom is -0.454 e. The molecule has 144 valence electrons. The highest BCUT2D eigenvalue weighted by Crippen LogP contribution is 2.32. The van der Waals surface area contributed by atoms with E-state index in [1.807, 2.05) is 18.2 Å². The van der Waals surface area contributed by atoms with Gasteiger partial charge >= 0.3 is 0 Å². The molecule has 1 saturated heterocycles. The number of nitrogens with zero attached hydrogens (tertiary/aromatic N) is 2. The number of fused-ring (bicyclic) bond motifs is 1. The van der Waals surface area contributed by atoms with Crippen LogP contribution in [0.1, 0.15) is 38.7 Å². The van der Waals surface area contributed by atoms with Crippen LogP contribution < -0.4 is 20.1 Å². The van der Waals surface area contributed by atoms with Crippen molar-refractivity contribution in [2.24, 2.45) is 10.9 Å². The molecule has 1 aromatic carbocycles. The zero-order chi connectivity index (χ0) is 18.2. The van der Waals surface area contributed by atoms with Gasteiger partial charge in [0.1, 0.15) is 0 Å². The first kappa shape index (κ1) is 18.8. The summed E-state index contributed by atoms with van der Waals surface area (Å²) >= 11 is 0. The summed E-state index contributed by atoms with van der Waals surface area (Å²) in [5, 5.41) is 6.77. The number of hydrogen-bond acceptors (Lipinski definition) is 4. The van der Waals surface area contributed by atoms with Crippen molar-refractivity contribution in [2.75, 3.05) is 39.5 Å². The summed E-state index contributed by atoms with van der Waals surface area (Å²) in [5.41, 5.74) is 1.12. The molecule has 3 rings (SSSR count). The molecule has 26 heavy (non-hydrogen) atoms. The van der Waals surface area contributed by atoms with Crippen molar-refractivity contribution in [3.8, 4) is 11.5 Å². The molecule has 0 radical (unpaired) electrons. The van der Waals surface area contributed by atoms with Crippen LogP contribution in [0.2, 0.25) is 0 Å². The van der Waals surface area contributed by atoms with Gasteiger partial charge in [0.15, 0.2) is 17.5 Å². The average molecular weight is 361 g/mol. The Morgan fingerprint density at radius 3 is 3.00 bits per heavy atom. The van der Waals surface area contributed by atoms with Gasteiger partial charge in [0.2, 0.25) is 6.79 Å². The van der Waals surface area contributed by atoms with Crippen LogP contribution in [-0.4, -0.2) is 50.4 Å². The second-order valence-corrected chi connectivity index (χ2v) is 7.21. The molecule has 2 N–H and O–H groups in total. The highest BCUT2D eigenvalue weighted by molar-refractivity contribution is 5.79. The Kier molecular flexibility index (Phi) is 7.00. The molecule has 0 bridgehead atoms. The van der Waals surface area contributed by atoms with Crippen LogP contribution >= 0.6 is 0 Å². The van der Waals surface area contributed by atoms with Gasteiger partial charge in [-0.3, -0.25) is 0 Å². The summed E-state index contributed by atoms with van der Waals surface area (Å²) in [6.07, 6.45) is 3.86. The molecular weight excluding hydrogens is 328 g/mol. The lowest BCUT2D eigenvalue weighted by molar-refractivity contribution is 0.174. The second kappa shape index (κ2) is 9.67. The van der Waals surface area contributed by atoms with Crippen LogP contribution in [0.15, 0.2) is 23.2 Å². The summed E-state index contributed by atoms with van der Waals surface area (Å²) < 4.78 is 10.8. The van der Waals surface area contributed by atoms with Gasteiger partial charge in [0, 0.05) is 19.6 Å². The lowest BCUT2D eigenvalue weighted by Crippen LogP contribution is -2.40. The van der Waals surface area contributed by atoms with E-state index in [9.17, 15) is 0 Å². The zero-order valence-electron chi connectivity index (χ0n) is 16.1. The maximum Gasteiger partial charge on any atom is 0.231 e. The van der Waals surface area contributed by atoms with Crippen LogP contribution in [-0.2, 0) is 6.54 Å². The molecule has 1 aromatic rings. The van der Waals surface area contributed by atoms with E-state index in [1.165, 1.54) is 32.5 Å². The first-order valence-electron chi connectivity index (χ1n) is 9.87. The highest BCUT2D eigenvalue weighted by Gasteiger charge is 2.15. The summed E-state index contributed by atoms with van der Waals surface area (Å²) in [5.74, 6) is 3.34. The van der Waals surface area contributed by atoms with E-state index in [4.69, 9.17) is 14.5 Å². The fourth-order valence-corrected chi connectivity index (χ4v) is 3.55. The number of aliphatic imine (C=N–C) groups is 1. The van der Waals surface area contributed by atoms with Crippen molar-refractivity contribution in [1.82, 2.24) is 15.5 Å². The van der Waals surface area contributed by atoms with Gasteiger partial charge in [-0.25, -0.2) is 4.99 Å². The van der Waals surface area contributed by atoms with E-state index in [-0.39, 0.29) is 0 Å². The number of benzene rings is 1. The Balaban J connectivity index is 1.43. The average Bonchev–Trinajstić information content (AvgIpc) is 3.11. The monoisotopic (exact) mass is 360 g/mol. The van der Waals surface area contributed by atoms with E-state index in [2.05, 4.69) is 29.4 Å². The summed E-state index contributed by atoms with van der Waals surface area (Å²) in [7, 11) is 0. The quantitative estimate of drug-likeness (QED) is 0.445. The maximum absolute atomic E-state index is 5.43. The van der Waals surface area contributed by atoms with Crippen molar-refractivity contribution in [1.29, 1.82) is 0 Å². The fraction of sp³-hybridized carbons (Fsp3) is 0.650. The predicted molar refractivity (Wildman–Crippen MR) is 105 cm³/mol. The number of nitrogens with one attached hydrogen (secondary N) is 2. The molecular formula is C20H32N4O2. The van der Waals surface area contributed by atoms with E-state index < -0.39 is 0 Å². The molecule has 1 fully saturated rings. The molecule has 6 heteroatoms. The van der Waals surface area contributed by atoms with Crippen molar-refractivity contribution >= 4 is 5.96 Å². The standard InChI is InChI=1S/C20H32N4O2/c1-3-21-20(22-9-5-11-24-10-4-6-16(2)14-24)23-13-17-7-8-18-19(12-17)26-15-25-18/h7-8,12,16H,3-6,9-11,13-15H2,1-2H3,(H2,21,22,23). The Bertz CT molecular complexity index is 605. The van der Waals surface area contributed by atoms with Crippen LogP contribution in [0.25, 0.3) is 0 Å². The molecule has 0 saturated carbocycles. The molecule has 6 nitrogen and oxygen atoms in total. The minimum absolute atomic E-state index is 0.308. The van der Waals surface area contributed by atoms with Crippen LogP contribution in [0.4, 0.5) is 0 Å². The van der Waals surface area contributed by atoms with Gasteiger partial charge in [-0.05, 0) is 62.9 Å². The summed E-state index contributed by atoms with van der Waals surface area (Å²) in [4.78, 5) is 7.28. The summed E-state index contributed by atoms with van der Waals surface area (Å²) in [6.45, 7) is 10.8. The van der Waals surface area contributed by atoms with Crippen LogP contribution in [0.3, 0.4) is 0 Å². The van der Waals surface area contributed by atoms with Crippen molar-refractivity contribution in [3.63, 3.8) is 0 Å². The zero-order valence-corrected chi connectivity index (χ0v) is 16.1. The van der Waals surface area contributed by atoms with Crippen molar-refractivity contribution < 1.29 is 9.47 Å². The third-order valence-corrected chi connectivity index (χ3v) is 4.89. The Hall–Kier alpha value is -1.95. The van der Waals surface area contributed by atoms with E-state index in [1.54, 1.807) is 0 Å². The maximum atomic E-state index is 5.43. The number of piperidine rings is 1. The molecule has 0 spiro atoms. The molecule has 2 aliphatic rings. The predicted octanol–water partition coefficient (Wildman–Crippen LogP) is 2.59. The van der Waals surface area contributed by atoms with Crippen LogP contribution in [0.5, 0.6) is 11.5 Å². The van der Waals surface area contributed by atoms with Gasteiger partial charge in [0.05, 0.1) is 6.54 Å². The van der Waals surface area contributed by atoms with E-state index in [0.717, 1.165) is 48.5 Å². The van der Waals surface area contributed by atoms with Gasteiger partial charge in [0.25, 0.3) is 0 Å². The Morgan fingerprint density at radius 1 is 1.27 bits per heavy atom. The Labute approximate surface area is 157 Å². The molecule has 2 heterocycles. The molecule has 0 amide bonds. The summed E-state index contributed by atoms with van der Waals surface area (Å²) in [6, 6.07) is 6.00. The molecule has 2 aliphatic heterocycles. The van der Waals surface area contributed by atoms with Crippen molar-refractivity contribution in [3.05, 3.63) is 23.8 Å². The third kappa shape index (κ3) is 5.53. The lowest BCUT2D eigenvalue weighted by atomic mass is 10.0. The topological polar surface area (TPSA) is 58.1 Å². The number of guanidine groups is 1. The minimum atomic E-state index is 0.308. The first-order valence-corrected chi connectivity index (χ1v) is 9.87. The highest BCUT2D eigenvalue weighted by atomic mass is 16.7.